The van der Waals surface area contributed by atoms with E-state index in [0.29, 0.717) is 37.5 Å². The van der Waals surface area contributed by atoms with Gasteiger partial charge in [-0.3, -0.25) is 14.6 Å². The van der Waals surface area contributed by atoms with Gasteiger partial charge >= 0.3 is 0 Å². The van der Waals surface area contributed by atoms with E-state index in [-0.39, 0.29) is 11.8 Å². The monoisotopic (exact) mass is 393 g/mol. The maximum Gasteiger partial charge on any atom is 0.224 e. The molecule has 2 amide bonds. The molecular weight excluding hydrogens is 366 g/mol. The second-order valence-electron chi connectivity index (χ2n) is 6.39. The smallest absolute Gasteiger partial charge is 0.224 e. The molecule has 0 spiro atoms. The number of piperazine rings is 1. The van der Waals surface area contributed by atoms with Crippen molar-refractivity contribution in [1.29, 1.82) is 0 Å². The van der Waals surface area contributed by atoms with Gasteiger partial charge in [-0.2, -0.15) is 0 Å². The summed E-state index contributed by atoms with van der Waals surface area (Å²) in [5, 5.41) is 6.78. The Labute approximate surface area is 165 Å². The number of amides is 2. The van der Waals surface area contributed by atoms with Gasteiger partial charge in [-0.05, 0) is 37.6 Å². The molecule has 1 aromatic rings. The number of aliphatic imine (C=N–C) groups is 1. The predicted octanol–water partition coefficient (Wildman–Crippen LogP) is 2.19. The average molecular weight is 394 g/mol. The summed E-state index contributed by atoms with van der Waals surface area (Å²) in [4.78, 5) is 32.1. The number of benzene rings is 1. The summed E-state index contributed by atoms with van der Waals surface area (Å²) >= 11 is 5.84. The molecule has 1 aliphatic rings. The number of nitrogens with zero attached hydrogens (tertiary/aromatic N) is 3. The Morgan fingerprint density at radius 1 is 1.11 bits per heavy atom. The van der Waals surface area contributed by atoms with Crippen molar-refractivity contribution in [2.45, 2.75) is 26.7 Å². The first-order valence-corrected chi connectivity index (χ1v) is 9.71. The largest absolute Gasteiger partial charge is 0.357 e. The number of carbonyl (C=O) groups is 2. The minimum absolute atomic E-state index is 0.0346. The average Bonchev–Trinajstić information content (AvgIpc) is 2.66. The fraction of sp³-hybridized carbons (Fsp3) is 0.526. The fourth-order valence-corrected chi connectivity index (χ4v) is 2.97. The molecule has 1 aliphatic heterocycles. The number of anilines is 1. The summed E-state index contributed by atoms with van der Waals surface area (Å²) in [6, 6.07) is 7.05. The lowest BCUT2D eigenvalue weighted by Gasteiger charge is -2.36. The first kappa shape index (κ1) is 21.0. The Balaban J connectivity index is 1.76. The van der Waals surface area contributed by atoms with Crippen LogP contribution in [0.1, 0.15) is 26.7 Å². The molecule has 8 heteroatoms. The molecular formula is C19H28ClN5O2. The lowest BCUT2D eigenvalue weighted by Crippen LogP contribution is -2.53. The highest BCUT2D eigenvalue weighted by atomic mass is 35.5. The first-order valence-electron chi connectivity index (χ1n) is 9.33. The third kappa shape index (κ3) is 7.09. The lowest BCUT2D eigenvalue weighted by atomic mass is 10.2. The number of carbonyl (C=O) groups excluding carboxylic acids is 2. The zero-order chi connectivity index (χ0) is 19.6. The van der Waals surface area contributed by atoms with Gasteiger partial charge in [-0.25, -0.2) is 0 Å². The van der Waals surface area contributed by atoms with E-state index in [1.807, 2.05) is 11.8 Å². The third-order valence-corrected chi connectivity index (χ3v) is 4.56. The topological polar surface area (TPSA) is 77.0 Å². The lowest BCUT2D eigenvalue weighted by molar-refractivity contribution is -0.130. The zero-order valence-electron chi connectivity index (χ0n) is 16.0. The predicted molar refractivity (Wildman–Crippen MR) is 109 cm³/mol. The van der Waals surface area contributed by atoms with Crippen molar-refractivity contribution in [1.82, 2.24) is 15.1 Å². The molecule has 2 rings (SSSR count). The van der Waals surface area contributed by atoms with Crippen LogP contribution >= 0.6 is 11.6 Å². The standard InChI is InChI=1S/C19H28ClN5O2/c1-3-21-19(25-13-11-24(12-14-25)15(2)26)22-10-4-5-18(27)23-17-8-6-16(20)7-9-17/h6-9H,3-5,10-14H2,1-2H3,(H,21,22)(H,23,27). The minimum atomic E-state index is -0.0346. The first-order chi connectivity index (χ1) is 13.0. The van der Waals surface area contributed by atoms with Crippen molar-refractivity contribution >= 4 is 35.1 Å². The Morgan fingerprint density at radius 3 is 2.33 bits per heavy atom. The zero-order valence-corrected chi connectivity index (χ0v) is 16.8. The van der Waals surface area contributed by atoms with Gasteiger partial charge in [-0.1, -0.05) is 11.6 Å². The number of halogens is 1. The van der Waals surface area contributed by atoms with Gasteiger partial charge in [0.1, 0.15) is 0 Å². The summed E-state index contributed by atoms with van der Waals surface area (Å²) in [6.45, 7) is 7.94. The molecule has 0 unspecified atom stereocenters. The molecule has 27 heavy (non-hydrogen) atoms. The van der Waals surface area contributed by atoms with Gasteiger partial charge in [0.15, 0.2) is 5.96 Å². The quantitative estimate of drug-likeness (QED) is 0.441. The molecule has 0 atom stereocenters. The van der Waals surface area contributed by atoms with Gasteiger partial charge in [-0.15, -0.1) is 0 Å². The molecule has 0 saturated carbocycles. The van der Waals surface area contributed by atoms with Crippen LogP contribution < -0.4 is 10.6 Å². The number of hydrogen-bond acceptors (Lipinski definition) is 3. The van der Waals surface area contributed by atoms with E-state index >= 15 is 0 Å². The van der Waals surface area contributed by atoms with E-state index in [9.17, 15) is 9.59 Å². The van der Waals surface area contributed by atoms with Gasteiger partial charge < -0.3 is 20.4 Å². The van der Waals surface area contributed by atoms with Crippen LogP contribution in [0.15, 0.2) is 29.3 Å². The van der Waals surface area contributed by atoms with Crippen LogP contribution in [0, 0.1) is 0 Å². The van der Waals surface area contributed by atoms with Crippen LogP contribution in [0.4, 0.5) is 5.69 Å². The number of guanidine groups is 1. The van der Waals surface area contributed by atoms with Crippen molar-refractivity contribution < 1.29 is 9.59 Å². The van der Waals surface area contributed by atoms with Gasteiger partial charge in [0.25, 0.3) is 0 Å². The van der Waals surface area contributed by atoms with E-state index in [0.717, 1.165) is 31.3 Å². The molecule has 0 bridgehead atoms. The summed E-state index contributed by atoms with van der Waals surface area (Å²) in [5.74, 6) is 0.926. The van der Waals surface area contributed by atoms with E-state index in [2.05, 4.69) is 20.5 Å². The van der Waals surface area contributed by atoms with Crippen LogP contribution in [0.5, 0.6) is 0 Å². The number of rotatable bonds is 6. The summed E-state index contributed by atoms with van der Waals surface area (Å²) in [5.41, 5.74) is 0.740. The molecule has 1 saturated heterocycles. The van der Waals surface area contributed by atoms with Crippen molar-refractivity contribution in [2.24, 2.45) is 4.99 Å². The van der Waals surface area contributed by atoms with Crippen LogP contribution in [-0.2, 0) is 9.59 Å². The highest BCUT2D eigenvalue weighted by molar-refractivity contribution is 6.30. The molecule has 0 radical (unpaired) electrons. The second-order valence-corrected chi connectivity index (χ2v) is 6.82. The SMILES string of the molecule is CCNC(=NCCCC(=O)Nc1ccc(Cl)cc1)N1CCN(C(C)=O)CC1. The van der Waals surface area contributed by atoms with Crippen molar-refractivity contribution in [2.75, 3.05) is 44.6 Å². The maximum atomic E-state index is 12.0. The molecule has 148 valence electrons. The molecule has 1 fully saturated rings. The van der Waals surface area contributed by atoms with Gasteiger partial charge in [0, 0.05) is 63.3 Å². The van der Waals surface area contributed by atoms with Gasteiger partial charge in [0.05, 0.1) is 0 Å². The van der Waals surface area contributed by atoms with Crippen LogP contribution in [0.25, 0.3) is 0 Å². The normalized spacial score (nSPS) is 14.9. The third-order valence-electron chi connectivity index (χ3n) is 4.31. The molecule has 0 aromatic heterocycles. The van der Waals surface area contributed by atoms with Crippen LogP contribution in [0.2, 0.25) is 5.02 Å². The second kappa shape index (κ2) is 10.8. The maximum absolute atomic E-state index is 12.0. The van der Waals surface area contributed by atoms with Gasteiger partial charge in [0.2, 0.25) is 11.8 Å². The van der Waals surface area contributed by atoms with Crippen molar-refractivity contribution in [3.63, 3.8) is 0 Å². The number of hydrogen-bond donors (Lipinski definition) is 2. The Bertz CT molecular complexity index is 655. The van der Waals surface area contributed by atoms with E-state index in [1.165, 1.54) is 0 Å². The van der Waals surface area contributed by atoms with Crippen molar-refractivity contribution in [3.8, 4) is 0 Å². The van der Waals surface area contributed by atoms with E-state index in [1.54, 1.807) is 31.2 Å². The number of nitrogens with one attached hydrogen (secondary N) is 2. The highest BCUT2D eigenvalue weighted by Gasteiger charge is 2.20. The molecule has 1 heterocycles. The molecule has 7 nitrogen and oxygen atoms in total. The Morgan fingerprint density at radius 2 is 1.74 bits per heavy atom. The Hall–Kier alpha value is -2.28. The molecule has 1 aromatic carbocycles. The summed E-state index contributed by atoms with van der Waals surface area (Å²) < 4.78 is 0. The van der Waals surface area contributed by atoms with E-state index < -0.39 is 0 Å². The van der Waals surface area contributed by atoms with E-state index in [4.69, 9.17) is 11.6 Å². The summed E-state index contributed by atoms with van der Waals surface area (Å²) in [6.07, 6.45) is 1.07. The highest BCUT2D eigenvalue weighted by Crippen LogP contribution is 2.13. The van der Waals surface area contributed by atoms with Crippen LogP contribution in [0.3, 0.4) is 0 Å². The molecule has 0 aliphatic carbocycles. The Kier molecular flexibility index (Phi) is 8.39. The fourth-order valence-electron chi connectivity index (χ4n) is 2.84. The summed E-state index contributed by atoms with van der Waals surface area (Å²) in [7, 11) is 0. The molecule has 2 N–H and O–H groups in total. The van der Waals surface area contributed by atoms with Crippen molar-refractivity contribution in [3.05, 3.63) is 29.3 Å². The minimum Gasteiger partial charge on any atom is -0.357 e. The van der Waals surface area contributed by atoms with Crippen LogP contribution in [-0.4, -0.2) is 66.8 Å².